The van der Waals surface area contributed by atoms with Gasteiger partial charge in [-0.05, 0) is 29.9 Å². The maximum absolute atomic E-state index is 4.64. The Morgan fingerprint density at radius 2 is 2.00 bits per heavy atom. The van der Waals surface area contributed by atoms with E-state index in [9.17, 15) is 0 Å². The van der Waals surface area contributed by atoms with Gasteiger partial charge in [0.2, 0.25) is 0 Å². The molecule has 0 atom stereocenters. The fourth-order valence-electron chi connectivity index (χ4n) is 2.66. The van der Waals surface area contributed by atoms with Gasteiger partial charge in [0, 0.05) is 31.9 Å². The van der Waals surface area contributed by atoms with Gasteiger partial charge in [0.05, 0.1) is 0 Å². The predicted octanol–water partition coefficient (Wildman–Crippen LogP) is 3.60. The van der Waals surface area contributed by atoms with E-state index in [0.717, 1.165) is 25.5 Å². The molecule has 3 heteroatoms. The molecule has 20 heavy (non-hydrogen) atoms. The van der Waals surface area contributed by atoms with Crippen molar-refractivity contribution in [1.82, 2.24) is 10.3 Å². The Kier molecular flexibility index (Phi) is 5.03. The minimum atomic E-state index is 0.517. The second-order valence-electron chi connectivity index (χ2n) is 6.71. The first-order chi connectivity index (χ1) is 9.52. The summed E-state index contributed by atoms with van der Waals surface area (Å²) in [4.78, 5) is 7.07. The smallest absolute Gasteiger partial charge is 0.128 e. The van der Waals surface area contributed by atoms with Crippen LogP contribution in [0.25, 0.3) is 0 Å². The predicted molar refractivity (Wildman–Crippen MR) is 86.1 cm³/mol. The lowest BCUT2D eigenvalue weighted by Gasteiger charge is -2.39. The standard InChI is InChI=1S/C17H29N3/c1-5-17(4)8-10-20(11-9-17)16-7-6-15(13-19-16)12-18-14(2)3/h6-7,13-14,18H,5,8-12H2,1-4H3. The fraction of sp³-hybridized carbons (Fsp3) is 0.706. The first-order valence-electron chi connectivity index (χ1n) is 7.96. The number of rotatable bonds is 5. The van der Waals surface area contributed by atoms with Gasteiger partial charge in [-0.15, -0.1) is 0 Å². The summed E-state index contributed by atoms with van der Waals surface area (Å²) in [6.45, 7) is 12.2. The Labute approximate surface area is 123 Å². The highest BCUT2D eigenvalue weighted by Crippen LogP contribution is 2.35. The van der Waals surface area contributed by atoms with E-state index in [0.29, 0.717) is 11.5 Å². The number of hydrogen-bond acceptors (Lipinski definition) is 3. The van der Waals surface area contributed by atoms with Crippen molar-refractivity contribution in [2.24, 2.45) is 5.41 Å². The number of aromatic nitrogens is 1. The molecule has 1 aliphatic rings. The third kappa shape index (κ3) is 3.95. The molecule has 0 radical (unpaired) electrons. The molecule has 0 bridgehead atoms. The van der Waals surface area contributed by atoms with Crippen molar-refractivity contribution in [2.45, 2.75) is 59.5 Å². The Morgan fingerprint density at radius 1 is 1.30 bits per heavy atom. The van der Waals surface area contributed by atoms with E-state index in [1.54, 1.807) is 0 Å². The van der Waals surface area contributed by atoms with Gasteiger partial charge in [0.1, 0.15) is 5.82 Å². The van der Waals surface area contributed by atoms with Gasteiger partial charge in [-0.3, -0.25) is 0 Å². The van der Waals surface area contributed by atoms with Crippen LogP contribution < -0.4 is 10.2 Å². The zero-order chi connectivity index (χ0) is 14.6. The first-order valence-corrected chi connectivity index (χ1v) is 7.96. The minimum absolute atomic E-state index is 0.517. The summed E-state index contributed by atoms with van der Waals surface area (Å²) >= 11 is 0. The molecule has 0 aliphatic carbocycles. The molecule has 1 N–H and O–H groups in total. The number of pyridine rings is 1. The highest BCUT2D eigenvalue weighted by molar-refractivity contribution is 5.39. The first kappa shape index (κ1) is 15.3. The molecule has 0 spiro atoms. The highest BCUT2D eigenvalue weighted by Gasteiger charge is 2.28. The summed E-state index contributed by atoms with van der Waals surface area (Å²) < 4.78 is 0. The van der Waals surface area contributed by atoms with Crippen molar-refractivity contribution in [1.29, 1.82) is 0 Å². The topological polar surface area (TPSA) is 28.2 Å². The molecule has 0 aromatic carbocycles. The van der Waals surface area contributed by atoms with Crippen LogP contribution in [-0.2, 0) is 6.54 Å². The van der Waals surface area contributed by atoms with Gasteiger partial charge in [0.25, 0.3) is 0 Å². The van der Waals surface area contributed by atoms with Gasteiger partial charge in [-0.2, -0.15) is 0 Å². The Morgan fingerprint density at radius 3 is 2.50 bits per heavy atom. The van der Waals surface area contributed by atoms with E-state index < -0.39 is 0 Å². The third-order valence-corrected chi connectivity index (χ3v) is 4.67. The van der Waals surface area contributed by atoms with Crippen LogP contribution in [0.1, 0.15) is 52.5 Å². The summed E-state index contributed by atoms with van der Waals surface area (Å²) in [7, 11) is 0. The van der Waals surface area contributed by atoms with E-state index in [1.165, 1.54) is 24.8 Å². The van der Waals surface area contributed by atoms with Gasteiger partial charge in [0.15, 0.2) is 0 Å². The van der Waals surface area contributed by atoms with Crippen molar-refractivity contribution < 1.29 is 0 Å². The summed E-state index contributed by atoms with van der Waals surface area (Å²) in [5.41, 5.74) is 1.80. The molecule has 112 valence electrons. The molecular weight excluding hydrogens is 246 g/mol. The average molecular weight is 275 g/mol. The van der Waals surface area contributed by atoms with E-state index >= 15 is 0 Å². The number of piperidine rings is 1. The van der Waals surface area contributed by atoms with E-state index in [-0.39, 0.29) is 0 Å². The average Bonchev–Trinajstić information content (AvgIpc) is 2.46. The van der Waals surface area contributed by atoms with E-state index in [1.807, 2.05) is 6.20 Å². The normalized spacial score (nSPS) is 18.6. The van der Waals surface area contributed by atoms with Gasteiger partial charge >= 0.3 is 0 Å². The molecule has 0 unspecified atom stereocenters. The number of hydrogen-bond donors (Lipinski definition) is 1. The number of nitrogens with zero attached hydrogens (tertiary/aromatic N) is 2. The molecular formula is C17H29N3. The van der Waals surface area contributed by atoms with E-state index in [2.05, 4.69) is 55.0 Å². The molecule has 0 amide bonds. The number of anilines is 1. The second-order valence-corrected chi connectivity index (χ2v) is 6.71. The van der Waals surface area contributed by atoms with E-state index in [4.69, 9.17) is 0 Å². The van der Waals surface area contributed by atoms with Crippen molar-refractivity contribution in [3.8, 4) is 0 Å². The Hall–Kier alpha value is -1.09. The quantitative estimate of drug-likeness (QED) is 0.890. The molecule has 2 rings (SSSR count). The molecule has 1 aromatic heterocycles. The second kappa shape index (κ2) is 6.57. The molecule has 1 fully saturated rings. The SMILES string of the molecule is CCC1(C)CCN(c2ccc(CNC(C)C)cn2)CC1. The Balaban J connectivity index is 1.91. The maximum atomic E-state index is 4.64. The molecule has 1 saturated heterocycles. The van der Waals surface area contributed by atoms with Crippen LogP contribution in [0.3, 0.4) is 0 Å². The lowest BCUT2D eigenvalue weighted by Crippen LogP contribution is -2.38. The highest BCUT2D eigenvalue weighted by atomic mass is 15.2. The molecule has 1 aliphatic heterocycles. The van der Waals surface area contributed by atoms with Crippen LogP contribution in [0, 0.1) is 5.41 Å². The molecule has 1 aromatic rings. The van der Waals surface area contributed by atoms with Gasteiger partial charge in [-0.25, -0.2) is 4.98 Å². The summed E-state index contributed by atoms with van der Waals surface area (Å²) in [5, 5.41) is 3.43. The van der Waals surface area contributed by atoms with Crippen molar-refractivity contribution in [3.63, 3.8) is 0 Å². The van der Waals surface area contributed by atoms with Crippen LogP contribution in [0.5, 0.6) is 0 Å². The van der Waals surface area contributed by atoms with Crippen LogP contribution in [0.2, 0.25) is 0 Å². The zero-order valence-electron chi connectivity index (χ0n) is 13.4. The molecule has 0 saturated carbocycles. The van der Waals surface area contributed by atoms with Crippen LogP contribution >= 0.6 is 0 Å². The molecule has 2 heterocycles. The molecule has 3 nitrogen and oxygen atoms in total. The van der Waals surface area contributed by atoms with Crippen molar-refractivity contribution in [3.05, 3.63) is 23.9 Å². The Bertz CT molecular complexity index is 403. The number of nitrogens with one attached hydrogen (secondary N) is 1. The summed E-state index contributed by atoms with van der Waals surface area (Å²) in [5.74, 6) is 1.14. The fourth-order valence-corrected chi connectivity index (χ4v) is 2.66. The zero-order valence-corrected chi connectivity index (χ0v) is 13.4. The summed E-state index contributed by atoms with van der Waals surface area (Å²) in [6.07, 6.45) is 5.86. The van der Waals surface area contributed by atoms with Gasteiger partial charge < -0.3 is 10.2 Å². The van der Waals surface area contributed by atoms with Crippen molar-refractivity contribution in [2.75, 3.05) is 18.0 Å². The van der Waals surface area contributed by atoms with Gasteiger partial charge in [-0.1, -0.05) is 40.2 Å². The van der Waals surface area contributed by atoms with Crippen molar-refractivity contribution >= 4 is 5.82 Å². The third-order valence-electron chi connectivity index (χ3n) is 4.67. The maximum Gasteiger partial charge on any atom is 0.128 e. The van der Waals surface area contributed by atoms with Crippen LogP contribution in [0.4, 0.5) is 5.82 Å². The minimum Gasteiger partial charge on any atom is -0.357 e. The lowest BCUT2D eigenvalue weighted by molar-refractivity contribution is 0.238. The van der Waals surface area contributed by atoms with Crippen LogP contribution in [-0.4, -0.2) is 24.1 Å². The lowest BCUT2D eigenvalue weighted by atomic mass is 9.78. The van der Waals surface area contributed by atoms with Crippen LogP contribution in [0.15, 0.2) is 18.3 Å². The monoisotopic (exact) mass is 275 g/mol. The largest absolute Gasteiger partial charge is 0.357 e. The summed E-state index contributed by atoms with van der Waals surface area (Å²) in [6, 6.07) is 4.89.